The lowest BCUT2D eigenvalue weighted by Gasteiger charge is -2.06. The van der Waals surface area contributed by atoms with Crippen LogP contribution < -0.4 is 0 Å². The molecule has 0 aromatic heterocycles. The number of nitrogens with zero attached hydrogens (tertiary/aromatic N) is 1. The molecular weight excluding hydrogens is 217 g/mol. The zero-order valence-electron chi connectivity index (χ0n) is 8.51. The number of nitro benzene ring substituents is 1. The first-order chi connectivity index (χ1) is 7.41. The third kappa shape index (κ3) is 2.75. The van der Waals surface area contributed by atoms with Gasteiger partial charge in [0.2, 0.25) is 0 Å². The van der Waals surface area contributed by atoms with Gasteiger partial charge in [-0.1, -0.05) is 6.92 Å². The van der Waals surface area contributed by atoms with Crippen molar-refractivity contribution >= 4 is 11.7 Å². The molecule has 0 bridgehead atoms. The molecule has 0 aliphatic rings. The van der Waals surface area contributed by atoms with E-state index in [1.807, 2.05) is 0 Å². The third-order valence-corrected chi connectivity index (χ3v) is 2.19. The Morgan fingerprint density at radius 3 is 2.75 bits per heavy atom. The van der Waals surface area contributed by atoms with Crippen LogP contribution in [0.25, 0.3) is 0 Å². The van der Waals surface area contributed by atoms with Gasteiger partial charge in [0, 0.05) is 11.6 Å². The highest BCUT2D eigenvalue weighted by Gasteiger charge is 2.19. The molecule has 1 aromatic carbocycles. The van der Waals surface area contributed by atoms with E-state index in [1.165, 1.54) is 6.92 Å². The van der Waals surface area contributed by atoms with Crippen LogP contribution in [0.5, 0.6) is 0 Å². The number of carboxylic acids is 1. The van der Waals surface area contributed by atoms with Gasteiger partial charge in [-0.25, -0.2) is 4.39 Å². The van der Waals surface area contributed by atoms with E-state index in [0.29, 0.717) is 0 Å². The lowest BCUT2D eigenvalue weighted by molar-refractivity contribution is -0.385. The second-order valence-corrected chi connectivity index (χ2v) is 3.47. The highest BCUT2D eigenvalue weighted by atomic mass is 19.1. The Kier molecular flexibility index (Phi) is 3.55. The van der Waals surface area contributed by atoms with Gasteiger partial charge < -0.3 is 5.11 Å². The normalized spacial score (nSPS) is 12.1. The molecule has 0 radical (unpaired) electrons. The van der Waals surface area contributed by atoms with E-state index < -0.39 is 22.6 Å². The Morgan fingerprint density at radius 1 is 1.62 bits per heavy atom. The maximum atomic E-state index is 12.9. The van der Waals surface area contributed by atoms with Gasteiger partial charge in [0.05, 0.1) is 10.8 Å². The van der Waals surface area contributed by atoms with Gasteiger partial charge in [-0.05, 0) is 18.6 Å². The predicted molar refractivity (Wildman–Crippen MR) is 53.6 cm³/mol. The minimum atomic E-state index is -1.07. The van der Waals surface area contributed by atoms with Gasteiger partial charge in [0.25, 0.3) is 5.69 Å². The SMILES string of the molecule is CC(Cc1cc(F)ccc1[N+](=O)[O-])C(=O)O. The fourth-order valence-corrected chi connectivity index (χ4v) is 1.31. The Bertz CT molecular complexity index is 433. The van der Waals surface area contributed by atoms with E-state index in [-0.39, 0.29) is 17.7 Å². The summed E-state index contributed by atoms with van der Waals surface area (Å²) in [6.45, 7) is 1.41. The molecule has 0 saturated carbocycles. The number of hydrogen-bond acceptors (Lipinski definition) is 3. The second-order valence-electron chi connectivity index (χ2n) is 3.47. The molecule has 1 atom stereocenters. The van der Waals surface area contributed by atoms with Crippen LogP contribution in [0.1, 0.15) is 12.5 Å². The molecular formula is C10H10FNO4. The summed E-state index contributed by atoms with van der Waals surface area (Å²) in [5.41, 5.74) is -0.158. The van der Waals surface area contributed by atoms with Crippen molar-refractivity contribution in [3.63, 3.8) is 0 Å². The lowest BCUT2D eigenvalue weighted by Crippen LogP contribution is -2.13. The number of carboxylic acid groups (broad SMARTS) is 1. The molecule has 0 amide bonds. The fraction of sp³-hybridized carbons (Fsp3) is 0.300. The molecule has 1 N–H and O–H groups in total. The second kappa shape index (κ2) is 4.69. The Balaban J connectivity index is 3.05. The fourth-order valence-electron chi connectivity index (χ4n) is 1.31. The molecule has 0 aliphatic heterocycles. The van der Waals surface area contributed by atoms with Crippen LogP contribution >= 0.6 is 0 Å². The molecule has 0 aliphatic carbocycles. The van der Waals surface area contributed by atoms with Crippen molar-refractivity contribution in [2.45, 2.75) is 13.3 Å². The van der Waals surface area contributed by atoms with E-state index in [2.05, 4.69) is 0 Å². The number of hydrogen-bond donors (Lipinski definition) is 1. The maximum absolute atomic E-state index is 12.9. The molecule has 6 heteroatoms. The van der Waals surface area contributed by atoms with Crippen molar-refractivity contribution in [3.05, 3.63) is 39.7 Å². The largest absolute Gasteiger partial charge is 0.481 e. The van der Waals surface area contributed by atoms with Crippen molar-refractivity contribution in [3.8, 4) is 0 Å². The molecule has 86 valence electrons. The van der Waals surface area contributed by atoms with Crippen molar-refractivity contribution in [2.75, 3.05) is 0 Å². The quantitative estimate of drug-likeness (QED) is 0.630. The summed E-state index contributed by atoms with van der Waals surface area (Å²) in [5, 5.41) is 19.3. The third-order valence-electron chi connectivity index (χ3n) is 2.19. The van der Waals surface area contributed by atoms with Crippen molar-refractivity contribution in [1.82, 2.24) is 0 Å². The van der Waals surface area contributed by atoms with Crippen LogP contribution in [0.3, 0.4) is 0 Å². The lowest BCUT2D eigenvalue weighted by atomic mass is 10.00. The van der Waals surface area contributed by atoms with Crippen molar-refractivity contribution < 1.29 is 19.2 Å². The highest BCUT2D eigenvalue weighted by molar-refractivity contribution is 5.70. The first-order valence-electron chi connectivity index (χ1n) is 4.57. The number of rotatable bonds is 4. The predicted octanol–water partition coefficient (Wildman–Crippen LogP) is 2.00. The zero-order chi connectivity index (χ0) is 12.3. The van der Waals surface area contributed by atoms with E-state index in [1.54, 1.807) is 0 Å². The number of benzene rings is 1. The van der Waals surface area contributed by atoms with Gasteiger partial charge in [0.15, 0.2) is 0 Å². The first-order valence-corrected chi connectivity index (χ1v) is 4.57. The number of aliphatic carboxylic acids is 1. The highest BCUT2D eigenvalue weighted by Crippen LogP contribution is 2.22. The Hall–Kier alpha value is -1.98. The number of carbonyl (C=O) groups is 1. The van der Waals surface area contributed by atoms with E-state index in [4.69, 9.17) is 5.11 Å². The average Bonchev–Trinajstić information content (AvgIpc) is 2.16. The molecule has 1 rings (SSSR count). The summed E-state index contributed by atoms with van der Waals surface area (Å²) in [7, 11) is 0. The molecule has 0 spiro atoms. The topological polar surface area (TPSA) is 80.4 Å². The molecule has 1 aromatic rings. The minimum Gasteiger partial charge on any atom is -0.481 e. The number of halogens is 1. The van der Waals surface area contributed by atoms with E-state index in [9.17, 15) is 19.3 Å². The van der Waals surface area contributed by atoms with Gasteiger partial charge in [-0.2, -0.15) is 0 Å². The molecule has 5 nitrogen and oxygen atoms in total. The van der Waals surface area contributed by atoms with Crippen molar-refractivity contribution in [1.29, 1.82) is 0 Å². The summed E-state index contributed by atoms with van der Waals surface area (Å²) in [4.78, 5) is 20.6. The van der Waals surface area contributed by atoms with Gasteiger partial charge in [-0.15, -0.1) is 0 Å². The van der Waals surface area contributed by atoms with Gasteiger partial charge in [0.1, 0.15) is 5.82 Å². The van der Waals surface area contributed by atoms with E-state index in [0.717, 1.165) is 18.2 Å². The molecule has 0 saturated heterocycles. The molecule has 16 heavy (non-hydrogen) atoms. The number of nitro groups is 1. The van der Waals surface area contributed by atoms with E-state index >= 15 is 0 Å². The molecule has 0 heterocycles. The van der Waals surface area contributed by atoms with Crippen LogP contribution in [0, 0.1) is 21.8 Å². The average molecular weight is 227 g/mol. The van der Waals surface area contributed by atoms with Crippen LogP contribution in [-0.2, 0) is 11.2 Å². The minimum absolute atomic E-state index is 0.0661. The molecule has 1 unspecified atom stereocenters. The van der Waals surface area contributed by atoms with Crippen LogP contribution in [0.2, 0.25) is 0 Å². The monoisotopic (exact) mass is 227 g/mol. The summed E-state index contributed by atoms with van der Waals surface area (Å²) in [5.74, 6) is -2.47. The van der Waals surface area contributed by atoms with Gasteiger partial charge >= 0.3 is 5.97 Å². The summed E-state index contributed by atoms with van der Waals surface area (Å²) in [6, 6.07) is 3.02. The smallest absolute Gasteiger partial charge is 0.306 e. The summed E-state index contributed by atoms with van der Waals surface area (Å²) in [6.07, 6.45) is -0.0661. The van der Waals surface area contributed by atoms with Crippen LogP contribution in [0.4, 0.5) is 10.1 Å². The van der Waals surface area contributed by atoms with Crippen molar-refractivity contribution in [2.24, 2.45) is 5.92 Å². The maximum Gasteiger partial charge on any atom is 0.306 e. The standard InChI is InChI=1S/C10H10FNO4/c1-6(10(13)14)4-7-5-8(11)2-3-9(7)12(15)16/h2-3,5-6H,4H2,1H3,(H,13,14). The first kappa shape index (κ1) is 12.1. The zero-order valence-corrected chi connectivity index (χ0v) is 8.51. The van der Waals surface area contributed by atoms with Gasteiger partial charge in [-0.3, -0.25) is 14.9 Å². The Morgan fingerprint density at radius 2 is 2.25 bits per heavy atom. The molecule has 0 fully saturated rings. The summed E-state index contributed by atoms with van der Waals surface area (Å²) >= 11 is 0. The van der Waals surface area contributed by atoms with Crippen LogP contribution in [0.15, 0.2) is 18.2 Å². The Labute approximate surface area is 90.7 Å². The summed E-state index contributed by atoms with van der Waals surface area (Å²) < 4.78 is 12.9. The van der Waals surface area contributed by atoms with Crippen LogP contribution in [-0.4, -0.2) is 16.0 Å².